The van der Waals surface area contributed by atoms with Gasteiger partial charge >= 0.3 is 6.03 Å². The Labute approximate surface area is 150 Å². The second-order valence-electron chi connectivity index (χ2n) is 4.95. The molecule has 0 aliphatic carbocycles. The molecule has 7 heteroatoms. The molecule has 2 aromatic rings. The average molecular weight is 359 g/mol. The first-order chi connectivity index (χ1) is 12.2. The maximum atomic E-state index is 11.8. The molecule has 128 valence electrons. The zero-order valence-electron chi connectivity index (χ0n) is 13.2. The van der Waals surface area contributed by atoms with Crippen LogP contribution in [0.4, 0.5) is 10.5 Å². The van der Waals surface area contributed by atoms with Crippen molar-refractivity contribution >= 4 is 23.3 Å². The van der Waals surface area contributed by atoms with Crippen LogP contribution in [0, 0.1) is 11.8 Å². The van der Waals surface area contributed by atoms with Gasteiger partial charge in [0, 0.05) is 11.8 Å². The summed E-state index contributed by atoms with van der Waals surface area (Å²) in [4.78, 5) is 11.8. The number of urea groups is 1. The average Bonchev–Trinajstić information content (AvgIpc) is 3.07. The van der Waals surface area contributed by atoms with Gasteiger partial charge in [-0.2, -0.15) is 0 Å². The number of amides is 2. The zero-order valence-corrected chi connectivity index (χ0v) is 13.9. The van der Waals surface area contributed by atoms with Crippen LogP contribution >= 0.6 is 11.6 Å². The number of carbonyl (C=O) groups is 1. The third-order valence-electron chi connectivity index (χ3n) is 3.23. The van der Waals surface area contributed by atoms with E-state index >= 15 is 0 Å². The molecule has 0 bridgehead atoms. The molecule has 2 aromatic carbocycles. The van der Waals surface area contributed by atoms with Crippen molar-refractivity contribution in [3.8, 4) is 29.1 Å². The lowest BCUT2D eigenvalue weighted by Crippen LogP contribution is -2.28. The number of hydrogen-bond acceptors (Lipinski definition) is 4. The fourth-order valence-electron chi connectivity index (χ4n) is 2.06. The number of hydrogen-bond donors (Lipinski definition) is 2. The quantitative estimate of drug-likeness (QED) is 0.823. The number of para-hydroxylation sites is 1. The Kier molecular flexibility index (Phi) is 5.50. The number of halogens is 1. The Hall–Kier alpha value is -3.04. The van der Waals surface area contributed by atoms with Gasteiger partial charge in [0.1, 0.15) is 12.4 Å². The van der Waals surface area contributed by atoms with Crippen LogP contribution in [0.25, 0.3) is 0 Å². The van der Waals surface area contributed by atoms with Crippen molar-refractivity contribution in [1.82, 2.24) is 5.32 Å². The van der Waals surface area contributed by atoms with Crippen LogP contribution in [0.1, 0.15) is 0 Å². The molecule has 6 nitrogen and oxygen atoms in total. The largest absolute Gasteiger partial charge is 0.479 e. The normalized spacial score (nSPS) is 11.2. The maximum absolute atomic E-state index is 11.8. The van der Waals surface area contributed by atoms with Crippen molar-refractivity contribution in [1.29, 1.82) is 0 Å². The van der Waals surface area contributed by atoms with E-state index in [1.54, 1.807) is 30.3 Å². The highest BCUT2D eigenvalue weighted by molar-refractivity contribution is 6.32. The number of anilines is 1. The van der Waals surface area contributed by atoms with Crippen LogP contribution in [0.3, 0.4) is 0 Å². The number of carbonyl (C=O) groups excluding carboxylic acids is 1. The number of ether oxygens (including phenoxy) is 3. The van der Waals surface area contributed by atoms with E-state index in [0.717, 1.165) is 0 Å². The van der Waals surface area contributed by atoms with Gasteiger partial charge in [-0.05, 0) is 24.3 Å². The summed E-state index contributed by atoms with van der Waals surface area (Å²) in [5, 5.41) is 5.86. The van der Waals surface area contributed by atoms with Crippen molar-refractivity contribution in [2.75, 3.05) is 25.3 Å². The fraction of sp³-hybridized carbons (Fsp3) is 0.167. The summed E-state index contributed by atoms with van der Waals surface area (Å²) in [6, 6.07) is 12.0. The lowest BCUT2D eigenvalue weighted by molar-refractivity contribution is 0.174. The molecule has 25 heavy (non-hydrogen) atoms. The molecular weight excluding hydrogens is 344 g/mol. The minimum atomic E-state index is -0.361. The van der Waals surface area contributed by atoms with E-state index in [1.165, 1.54) is 0 Å². The third-order valence-corrected chi connectivity index (χ3v) is 3.54. The van der Waals surface area contributed by atoms with E-state index in [4.69, 9.17) is 25.8 Å². The van der Waals surface area contributed by atoms with Crippen LogP contribution in [-0.4, -0.2) is 26.0 Å². The molecule has 0 atom stereocenters. The van der Waals surface area contributed by atoms with Crippen molar-refractivity contribution in [3.63, 3.8) is 0 Å². The number of benzene rings is 2. The minimum absolute atomic E-state index is 0.190. The first-order valence-corrected chi connectivity index (χ1v) is 7.88. The van der Waals surface area contributed by atoms with Gasteiger partial charge in [0.25, 0.3) is 0 Å². The van der Waals surface area contributed by atoms with Gasteiger partial charge in [-0.1, -0.05) is 35.6 Å². The fourth-order valence-corrected chi connectivity index (χ4v) is 2.25. The minimum Gasteiger partial charge on any atom is -0.479 e. The van der Waals surface area contributed by atoms with Crippen LogP contribution in [0.15, 0.2) is 42.5 Å². The van der Waals surface area contributed by atoms with E-state index < -0.39 is 0 Å². The van der Waals surface area contributed by atoms with Gasteiger partial charge in [-0.25, -0.2) is 4.79 Å². The molecule has 1 heterocycles. The zero-order chi connectivity index (χ0) is 17.5. The highest BCUT2D eigenvalue weighted by atomic mass is 35.5. The topological polar surface area (TPSA) is 68.8 Å². The van der Waals surface area contributed by atoms with Crippen LogP contribution < -0.4 is 24.8 Å². The van der Waals surface area contributed by atoms with Crippen LogP contribution in [-0.2, 0) is 0 Å². The van der Waals surface area contributed by atoms with E-state index in [-0.39, 0.29) is 26.0 Å². The molecule has 1 aliphatic heterocycles. The molecule has 1 aliphatic rings. The maximum Gasteiger partial charge on any atom is 0.319 e. The van der Waals surface area contributed by atoms with Gasteiger partial charge in [-0.15, -0.1) is 0 Å². The molecule has 3 rings (SSSR count). The standard InChI is InChI=1S/C18H15ClN2O4/c19-14-5-1-2-6-15(14)23-10-4-3-9-20-18(22)21-13-7-8-16-17(11-13)25-12-24-16/h1-2,5-8,11H,9-10,12H2,(H2,20,21,22). The van der Waals surface area contributed by atoms with Gasteiger partial charge in [0.05, 0.1) is 11.6 Å². The first-order valence-electron chi connectivity index (χ1n) is 7.50. The monoisotopic (exact) mass is 358 g/mol. The highest BCUT2D eigenvalue weighted by Gasteiger charge is 2.13. The van der Waals surface area contributed by atoms with Crippen molar-refractivity contribution < 1.29 is 19.0 Å². The molecule has 0 fully saturated rings. The number of rotatable bonds is 4. The Balaban J connectivity index is 1.39. The number of nitrogens with one attached hydrogen (secondary N) is 2. The lowest BCUT2D eigenvalue weighted by Gasteiger charge is -2.06. The Morgan fingerprint density at radius 3 is 2.88 bits per heavy atom. The predicted octanol–water partition coefficient (Wildman–Crippen LogP) is 3.27. The SMILES string of the molecule is O=C(NCC#CCOc1ccccc1Cl)Nc1ccc2c(c1)OCO2. The van der Waals surface area contributed by atoms with E-state index in [0.29, 0.717) is 28.0 Å². The molecule has 0 spiro atoms. The molecule has 0 radical (unpaired) electrons. The molecule has 0 aromatic heterocycles. The summed E-state index contributed by atoms with van der Waals surface area (Å²) in [6.07, 6.45) is 0. The molecule has 2 amide bonds. The van der Waals surface area contributed by atoms with Crippen LogP contribution in [0.5, 0.6) is 17.2 Å². The number of fused-ring (bicyclic) bond motifs is 1. The molecular formula is C18H15ClN2O4. The summed E-state index contributed by atoms with van der Waals surface area (Å²) < 4.78 is 15.9. The summed E-state index contributed by atoms with van der Waals surface area (Å²) in [5.41, 5.74) is 0.608. The molecule has 0 saturated heterocycles. The Morgan fingerprint density at radius 1 is 1.16 bits per heavy atom. The van der Waals surface area contributed by atoms with Gasteiger partial charge in [-0.3, -0.25) is 0 Å². The van der Waals surface area contributed by atoms with E-state index in [1.807, 2.05) is 12.1 Å². The van der Waals surface area contributed by atoms with E-state index in [9.17, 15) is 4.79 Å². The first kappa shape index (κ1) is 16.8. The van der Waals surface area contributed by atoms with Crippen molar-refractivity contribution in [2.24, 2.45) is 0 Å². The molecule has 2 N–H and O–H groups in total. The second-order valence-corrected chi connectivity index (χ2v) is 5.36. The molecule has 0 unspecified atom stereocenters. The van der Waals surface area contributed by atoms with Crippen LogP contribution in [0.2, 0.25) is 5.02 Å². The Morgan fingerprint density at radius 2 is 2.00 bits per heavy atom. The second kappa shape index (κ2) is 8.18. The summed E-state index contributed by atoms with van der Waals surface area (Å²) >= 11 is 5.96. The van der Waals surface area contributed by atoms with Gasteiger partial charge in [0.2, 0.25) is 6.79 Å². The van der Waals surface area contributed by atoms with Gasteiger partial charge in [0.15, 0.2) is 11.5 Å². The summed E-state index contributed by atoms with van der Waals surface area (Å²) in [6.45, 7) is 0.578. The van der Waals surface area contributed by atoms with Gasteiger partial charge < -0.3 is 24.8 Å². The third kappa shape index (κ3) is 4.72. The smallest absolute Gasteiger partial charge is 0.319 e. The van der Waals surface area contributed by atoms with Crippen molar-refractivity contribution in [2.45, 2.75) is 0 Å². The Bertz CT molecular complexity index is 829. The highest BCUT2D eigenvalue weighted by Crippen LogP contribution is 2.34. The summed E-state index contributed by atoms with van der Waals surface area (Å²) in [7, 11) is 0. The predicted molar refractivity (Wildman–Crippen MR) is 94.3 cm³/mol. The lowest BCUT2D eigenvalue weighted by atomic mass is 10.3. The summed E-state index contributed by atoms with van der Waals surface area (Å²) in [5.74, 6) is 7.45. The molecule has 0 saturated carbocycles. The van der Waals surface area contributed by atoms with E-state index in [2.05, 4.69) is 22.5 Å². The van der Waals surface area contributed by atoms with Crippen molar-refractivity contribution in [3.05, 3.63) is 47.5 Å².